The van der Waals surface area contributed by atoms with Gasteiger partial charge in [0.1, 0.15) is 5.78 Å². The molecule has 1 rings (SSSR count). The van der Waals surface area contributed by atoms with Crippen molar-refractivity contribution >= 4 is 18.2 Å². The predicted molar refractivity (Wildman–Crippen MR) is 81.9 cm³/mol. The molecular formula is C15H23ClF3NO. The lowest BCUT2D eigenvalue weighted by Gasteiger charge is -2.13. The van der Waals surface area contributed by atoms with Crippen molar-refractivity contribution in [2.45, 2.75) is 46.3 Å². The molecule has 0 aliphatic heterocycles. The van der Waals surface area contributed by atoms with Crippen molar-refractivity contribution in [3.63, 3.8) is 0 Å². The number of ketones is 1. The van der Waals surface area contributed by atoms with Crippen molar-refractivity contribution in [2.75, 3.05) is 6.54 Å². The minimum atomic E-state index is -4.25. The Morgan fingerprint density at radius 2 is 1.81 bits per heavy atom. The van der Waals surface area contributed by atoms with Crippen molar-refractivity contribution < 1.29 is 18.0 Å². The van der Waals surface area contributed by atoms with E-state index in [0.29, 0.717) is 12.0 Å². The zero-order valence-corrected chi connectivity index (χ0v) is 13.6. The van der Waals surface area contributed by atoms with Gasteiger partial charge in [-0.2, -0.15) is 13.2 Å². The third-order valence-electron chi connectivity index (χ3n) is 2.35. The Balaban J connectivity index is 0. The van der Waals surface area contributed by atoms with Gasteiger partial charge in [-0.1, -0.05) is 25.1 Å². The van der Waals surface area contributed by atoms with Gasteiger partial charge >= 0.3 is 6.18 Å². The fourth-order valence-corrected chi connectivity index (χ4v) is 1.65. The molecule has 1 N–H and O–H groups in total. The lowest BCUT2D eigenvalue weighted by Crippen LogP contribution is -2.27. The summed E-state index contributed by atoms with van der Waals surface area (Å²) < 4.78 is 37.3. The van der Waals surface area contributed by atoms with E-state index in [1.807, 2.05) is 13.8 Å². The van der Waals surface area contributed by atoms with Gasteiger partial charge in [0, 0.05) is 6.04 Å². The van der Waals surface area contributed by atoms with E-state index < -0.39 is 11.7 Å². The third kappa shape index (κ3) is 11.3. The van der Waals surface area contributed by atoms with E-state index in [1.54, 1.807) is 6.07 Å². The van der Waals surface area contributed by atoms with Crippen LogP contribution in [0.2, 0.25) is 0 Å². The zero-order chi connectivity index (χ0) is 15.8. The van der Waals surface area contributed by atoms with E-state index in [2.05, 4.69) is 5.32 Å². The molecule has 21 heavy (non-hydrogen) atoms. The van der Waals surface area contributed by atoms with Crippen molar-refractivity contribution in [1.82, 2.24) is 5.32 Å². The number of likely N-dealkylation sites (N-methyl/N-ethyl adjacent to an activating group) is 1. The number of carbonyl (C=O) groups is 1. The first kappa shape index (κ1) is 22.2. The summed E-state index contributed by atoms with van der Waals surface area (Å²) in [7, 11) is 0. The van der Waals surface area contributed by atoms with Crippen LogP contribution in [0.5, 0.6) is 0 Å². The molecule has 0 saturated carbocycles. The number of benzene rings is 1. The second-order valence-corrected chi connectivity index (χ2v) is 4.77. The lowest BCUT2D eigenvalue weighted by molar-refractivity contribution is -0.137. The summed E-state index contributed by atoms with van der Waals surface area (Å²) in [6.45, 7) is 7.81. The van der Waals surface area contributed by atoms with Gasteiger partial charge in [-0.15, -0.1) is 12.4 Å². The molecule has 1 unspecified atom stereocenters. The molecule has 0 aliphatic carbocycles. The number of hydrogen-bond donors (Lipinski definition) is 1. The van der Waals surface area contributed by atoms with Crippen LogP contribution in [0, 0.1) is 0 Å². The van der Waals surface area contributed by atoms with E-state index in [9.17, 15) is 18.0 Å². The molecule has 0 radical (unpaired) electrons. The predicted octanol–water partition coefficient (Wildman–Crippen LogP) is 4.26. The molecule has 122 valence electrons. The fraction of sp³-hybridized carbons (Fsp3) is 0.533. The molecule has 1 aromatic carbocycles. The molecule has 0 aliphatic rings. The molecule has 0 fully saturated rings. The number of halogens is 4. The summed E-state index contributed by atoms with van der Waals surface area (Å²) in [5.41, 5.74) is 0.136. The highest BCUT2D eigenvalue weighted by molar-refractivity contribution is 5.85. The number of nitrogens with one attached hydrogen (secondary N) is 1. The molecule has 1 atom stereocenters. The maximum atomic E-state index is 12.4. The van der Waals surface area contributed by atoms with Crippen molar-refractivity contribution in [1.29, 1.82) is 0 Å². The first-order valence-electron chi connectivity index (χ1n) is 6.53. The molecular weight excluding hydrogens is 303 g/mol. The van der Waals surface area contributed by atoms with Gasteiger partial charge in [-0.3, -0.25) is 0 Å². The zero-order valence-electron chi connectivity index (χ0n) is 12.8. The Labute approximate surface area is 130 Å². The molecule has 0 heterocycles. The van der Waals surface area contributed by atoms with Crippen LogP contribution >= 0.6 is 12.4 Å². The molecule has 0 aromatic heterocycles. The standard InChI is InChI=1S/C12H16F3N.C3H6O.ClH/c1-3-16-9(2)7-10-5-4-6-11(8-10)12(13,14)15;1-3(2)4;/h4-6,8-9,16H,3,7H2,1-2H3;1-2H3;1H. The fourth-order valence-electron chi connectivity index (χ4n) is 1.65. The van der Waals surface area contributed by atoms with Crippen molar-refractivity contribution in [2.24, 2.45) is 0 Å². The quantitative estimate of drug-likeness (QED) is 0.896. The second kappa shape index (κ2) is 10.6. The average Bonchev–Trinajstić information content (AvgIpc) is 2.27. The van der Waals surface area contributed by atoms with Gasteiger partial charge < -0.3 is 10.1 Å². The van der Waals surface area contributed by atoms with Crippen molar-refractivity contribution in [3.8, 4) is 0 Å². The Kier molecular flexibility index (Phi) is 11.2. The SMILES string of the molecule is CC(C)=O.CCNC(C)Cc1cccc(C(F)(F)F)c1.Cl. The maximum absolute atomic E-state index is 12.4. The summed E-state index contributed by atoms with van der Waals surface area (Å²) in [6, 6.07) is 5.68. The molecule has 0 spiro atoms. The van der Waals surface area contributed by atoms with Crippen LogP contribution in [-0.4, -0.2) is 18.4 Å². The summed E-state index contributed by atoms with van der Waals surface area (Å²) in [5, 5.41) is 3.17. The number of carbonyl (C=O) groups excluding carboxylic acids is 1. The van der Waals surface area contributed by atoms with Gasteiger partial charge in [0.05, 0.1) is 5.56 Å². The third-order valence-corrected chi connectivity index (χ3v) is 2.35. The second-order valence-electron chi connectivity index (χ2n) is 4.77. The number of rotatable bonds is 4. The molecule has 1 aromatic rings. The Morgan fingerprint density at radius 1 is 1.29 bits per heavy atom. The van der Waals surface area contributed by atoms with Crippen LogP contribution in [0.25, 0.3) is 0 Å². The normalized spacial score (nSPS) is 11.8. The van der Waals surface area contributed by atoms with Crippen LogP contribution < -0.4 is 5.32 Å². The van der Waals surface area contributed by atoms with Crippen LogP contribution in [-0.2, 0) is 17.4 Å². The van der Waals surface area contributed by atoms with E-state index >= 15 is 0 Å². The first-order valence-corrected chi connectivity index (χ1v) is 6.53. The largest absolute Gasteiger partial charge is 0.416 e. The summed E-state index contributed by atoms with van der Waals surface area (Å²) >= 11 is 0. The van der Waals surface area contributed by atoms with E-state index in [-0.39, 0.29) is 24.2 Å². The highest BCUT2D eigenvalue weighted by Gasteiger charge is 2.30. The summed E-state index contributed by atoms with van der Waals surface area (Å²) in [4.78, 5) is 9.44. The molecule has 6 heteroatoms. The minimum absolute atomic E-state index is 0. The Morgan fingerprint density at radius 3 is 2.24 bits per heavy atom. The Hall–Kier alpha value is -1.07. The highest BCUT2D eigenvalue weighted by Crippen LogP contribution is 2.29. The van der Waals surface area contributed by atoms with Gasteiger partial charge in [-0.05, 0) is 45.4 Å². The van der Waals surface area contributed by atoms with Gasteiger partial charge in [0.25, 0.3) is 0 Å². The molecule has 0 saturated heterocycles. The maximum Gasteiger partial charge on any atom is 0.416 e. The van der Waals surface area contributed by atoms with E-state index in [4.69, 9.17) is 0 Å². The summed E-state index contributed by atoms with van der Waals surface area (Å²) in [6.07, 6.45) is -3.64. The van der Waals surface area contributed by atoms with Crippen molar-refractivity contribution in [3.05, 3.63) is 35.4 Å². The van der Waals surface area contributed by atoms with Crippen LogP contribution in [0.3, 0.4) is 0 Å². The lowest BCUT2D eigenvalue weighted by atomic mass is 10.0. The topological polar surface area (TPSA) is 29.1 Å². The van der Waals surface area contributed by atoms with Gasteiger partial charge in [0.15, 0.2) is 0 Å². The minimum Gasteiger partial charge on any atom is -0.314 e. The smallest absolute Gasteiger partial charge is 0.314 e. The highest BCUT2D eigenvalue weighted by atomic mass is 35.5. The van der Waals surface area contributed by atoms with Crippen LogP contribution in [0.1, 0.15) is 38.8 Å². The molecule has 2 nitrogen and oxygen atoms in total. The number of alkyl halides is 3. The van der Waals surface area contributed by atoms with Crippen LogP contribution in [0.4, 0.5) is 13.2 Å². The number of hydrogen-bond acceptors (Lipinski definition) is 2. The van der Waals surface area contributed by atoms with Gasteiger partial charge in [0.2, 0.25) is 0 Å². The monoisotopic (exact) mass is 325 g/mol. The van der Waals surface area contributed by atoms with E-state index in [0.717, 1.165) is 12.6 Å². The average molecular weight is 326 g/mol. The van der Waals surface area contributed by atoms with E-state index in [1.165, 1.54) is 26.0 Å². The Bertz CT molecular complexity index is 418. The molecule has 0 amide bonds. The number of Topliss-reactive ketones (excluding diaryl/α,β-unsaturated/α-hetero) is 1. The summed E-state index contributed by atoms with van der Waals surface area (Å²) in [5.74, 6) is 0.167. The first-order chi connectivity index (χ1) is 9.16. The van der Waals surface area contributed by atoms with Crippen LogP contribution in [0.15, 0.2) is 24.3 Å². The molecule has 0 bridgehead atoms. The van der Waals surface area contributed by atoms with Gasteiger partial charge in [-0.25, -0.2) is 0 Å².